The third kappa shape index (κ3) is 4.47. The van der Waals surface area contributed by atoms with Crippen LogP contribution in [0.25, 0.3) is 0 Å². The summed E-state index contributed by atoms with van der Waals surface area (Å²) in [6, 6.07) is 9.30. The van der Waals surface area contributed by atoms with Crippen LogP contribution in [0.2, 0.25) is 0 Å². The molecule has 0 aliphatic carbocycles. The first-order valence-corrected chi connectivity index (χ1v) is 7.89. The fourth-order valence-corrected chi connectivity index (χ4v) is 2.64. The highest BCUT2D eigenvalue weighted by Gasteiger charge is 2.29. The highest BCUT2D eigenvalue weighted by atomic mass is 32.1. The van der Waals surface area contributed by atoms with Crippen LogP contribution < -0.4 is 5.32 Å². The van der Waals surface area contributed by atoms with Crippen LogP contribution in [-0.2, 0) is 20.7 Å². The number of aromatic amines is 1. The first kappa shape index (κ1) is 16.3. The predicted molar refractivity (Wildman–Crippen MR) is 86.2 cm³/mol. The van der Waals surface area contributed by atoms with Gasteiger partial charge in [-0.1, -0.05) is 41.7 Å². The molecule has 1 aromatic heterocycles. The molecular weight excluding hydrogens is 322 g/mol. The minimum absolute atomic E-state index is 0.221. The highest BCUT2D eigenvalue weighted by molar-refractivity contribution is 7.73. The summed E-state index contributed by atoms with van der Waals surface area (Å²) in [4.78, 5) is 24.4. The van der Waals surface area contributed by atoms with Gasteiger partial charge in [0.15, 0.2) is 3.95 Å². The molecule has 2 N–H and O–H groups in total. The van der Waals surface area contributed by atoms with E-state index in [1.54, 1.807) is 6.92 Å². The molecule has 2 rings (SSSR count). The monoisotopic (exact) mass is 337 g/mol. The average molecular weight is 337 g/mol. The van der Waals surface area contributed by atoms with Gasteiger partial charge in [0.05, 0.1) is 6.61 Å². The highest BCUT2D eigenvalue weighted by Crippen LogP contribution is 2.16. The molecule has 1 unspecified atom stereocenters. The Bertz CT molecular complexity index is 697. The fraction of sp³-hybridized carbons (Fsp3) is 0.286. The van der Waals surface area contributed by atoms with E-state index in [1.807, 2.05) is 30.3 Å². The van der Waals surface area contributed by atoms with Crippen molar-refractivity contribution in [3.05, 3.63) is 39.8 Å². The maximum Gasteiger partial charge on any atom is 0.318 e. The van der Waals surface area contributed by atoms with Crippen molar-refractivity contribution in [3.63, 3.8) is 0 Å². The minimum Gasteiger partial charge on any atom is -0.465 e. The Kier molecular flexibility index (Phi) is 5.79. The molecule has 0 aliphatic rings. The van der Waals surface area contributed by atoms with E-state index in [4.69, 9.17) is 17.0 Å². The van der Waals surface area contributed by atoms with Crippen molar-refractivity contribution in [2.45, 2.75) is 13.3 Å². The Hall–Kier alpha value is -2.06. The average Bonchev–Trinajstić information content (AvgIpc) is 2.91. The molecule has 1 atom stereocenters. The maximum atomic E-state index is 12.3. The third-order valence-electron chi connectivity index (χ3n) is 2.84. The van der Waals surface area contributed by atoms with Crippen molar-refractivity contribution in [1.82, 2.24) is 10.2 Å². The zero-order valence-corrected chi connectivity index (χ0v) is 13.5. The SMILES string of the molecule is CCOC(=O)C(Cc1ccccc1)C(=O)Nc1n[nH]c(=S)s1. The topological polar surface area (TPSA) is 84.1 Å². The molecular formula is C14H15N3O3S2. The lowest BCUT2D eigenvalue weighted by Crippen LogP contribution is -2.33. The maximum absolute atomic E-state index is 12.3. The van der Waals surface area contributed by atoms with Gasteiger partial charge in [-0.05, 0) is 31.1 Å². The zero-order chi connectivity index (χ0) is 15.9. The molecule has 2 aromatic rings. The van der Waals surface area contributed by atoms with Gasteiger partial charge in [0.2, 0.25) is 11.0 Å². The number of rotatable bonds is 6. The van der Waals surface area contributed by atoms with Crippen molar-refractivity contribution in [2.24, 2.45) is 5.92 Å². The van der Waals surface area contributed by atoms with E-state index in [9.17, 15) is 9.59 Å². The van der Waals surface area contributed by atoms with E-state index >= 15 is 0 Å². The lowest BCUT2D eigenvalue weighted by Gasteiger charge is -2.14. The first-order valence-electron chi connectivity index (χ1n) is 6.67. The van der Waals surface area contributed by atoms with Crippen molar-refractivity contribution in [2.75, 3.05) is 11.9 Å². The summed E-state index contributed by atoms with van der Waals surface area (Å²) < 4.78 is 5.45. The molecule has 0 saturated heterocycles. The van der Waals surface area contributed by atoms with E-state index in [-0.39, 0.29) is 13.0 Å². The molecule has 1 amide bonds. The molecule has 0 radical (unpaired) electrons. The smallest absolute Gasteiger partial charge is 0.318 e. The van der Waals surface area contributed by atoms with Gasteiger partial charge in [-0.25, -0.2) is 0 Å². The minimum atomic E-state index is -0.931. The number of ether oxygens (including phenoxy) is 1. The van der Waals surface area contributed by atoms with Gasteiger partial charge in [0, 0.05) is 0 Å². The van der Waals surface area contributed by atoms with Gasteiger partial charge in [-0.2, -0.15) is 0 Å². The fourth-order valence-electron chi connectivity index (χ4n) is 1.85. The molecule has 0 saturated carbocycles. The standard InChI is InChI=1S/C14H15N3O3S2/c1-2-20-12(19)10(8-9-6-4-3-5-7-9)11(18)15-13-16-17-14(21)22-13/h3-7,10H,2,8H2,1H3,(H,17,21)(H,15,16,18). The Morgan fingerprint density at radius 1 is 1.41 bits per heavy atom. The third-order valence-corrected chi connectivity index (χ3v) is 3.84. The van der Waals surface area contributed by atoms with E-state index < -0.39 is 17.8 Å². The van der Waals surface area contributed by atoms with Gasteiger partial charge in [0.1, 0.15) is 5.92 Å². The second kappa shape index (κ2) is 7.81. The van der Waals surface area contributed by atoms with Crippen LogP contribution in [0, 0.1) is 9.87 Å². The van der Waals surface area contributed by atoms with Crippen LogP contribution in [0.5, 0.6) is 0 Å². The van der Waals surface area contributed by atoms with Gasteiger partial charge < -0.3 is 4.74 Å². The number of amides is 1. The van der Waals surface area contributed by atoms with Crippen LogP contribution in [0.3, 0.4) is 0 Å². The number of nitrogens with one attached hydrogen (secondary N) is 2. The number of aromatic nitrogens is 2. The molecule has 1 heterocycles. The van der Waals surface area contributed by atoms with E-state index in [0.717, 1.165) is 16.9 Å². The summed E-state index contributed by atoms with van der Waals surface area (Å²) >= 11 is 6.04. The van der Waals surface area contributed by atoms with Gasteiger partial charge in [-0.15, -0.1) is 5.10 Å². The number of hydrogen-bond acceptors (Lipinski definition) is 6. The summed E-state index contributed by atoms with van der Waals surface area (Å²) in [5.41, 5.74) is 0.880. The largest absolute Gasteiger partial charge is 0.465 e. The normalized spacial score (nSPS) is 11.7. The van der Waals surface area contributed by atoms with Crippen LogP contribution >= 0.6 is 23.6 Å². The van der Waals surface area contributed by atoms with Crippen molar-refractivity contribution >= 4 is 40.6 Å². The Balaban J connectivity index is 2.14. The van der Waals surface area contributed by atoms with Crippen molar-refractivity contribution < 1.29 is 14.3 Å². The van der Waals surface area contributed by atoms with E-state index in [1.165, 1.54) is 0 Å². The second-order valence-electron chi connectivity index (χ2n) is 4.40. The lowest BCUT2D eigenvalue weighted by molar-refractivity contribution is -0.150. The van der Waals surface area contributed by atoms with E-state index in [0.29, 0.717) is 9.09 Å². The summed E-state index contributed by atoms with van der Waals surface area (Å²) in [6.07, 6.45) is 0.265. The number of esters is 1. The molecule has 6 nitrogen and oxygen atoms in total. The van der Waals surface area contributed by atoms with Crippen LogP contribution in [0.1, 0.15) is 12.5 Å². The summed E-state index contributed by atoms with van der Waals surface area (Å²) in [5, 5.41) is 9.35. The Morgan fingerprint density at radius 3 is 2.73 bits per heavy atom. The Labute approximate surface area is 136 Å². The van der Waals surface area contributed by atoms with Gasteiger partial charge >= 0.3 is 5.97 Å². The van der Waals surface area contributed by atoms with Crippen LogP contribution in [0.15, 0.2) is 30.3 Å². The van der Waals surface area contributed by atoms with Crippen molar-refractivity contribution in [3.8, 4) is 0 Å². The number of carbonyl (C=O) groups excluding carboxylic acids is 2. The number of carbonyl (C=O) groups is 2. The quantitative estimate of drug-likeness (QED) is 0.481. The number of hydrogen-bond donors (Lipinski definition) is 2. The van der Waals surface area contributed by atoms with E-state index in [2.05, 4.69) is 15.5 Å². The molecule has 1 aromatic carbocycles. The van der Waals surface area contributed by atoms with Crippen LogP contribution in [0.4, 0.5) is 5.13 Å². The number of nitrogens with zero attached hydrogens (tertiary/aromatic N) is 1. The molecule has 116 valence electrons. The summed E-state index contributed by atoms with van der Waals surface area (Å²) in [6.45, 7) is 1.92. The Morgan fingerprint density at radius 2 is 2.14 bits per heavy atom. The molecule has 0 aliphatic heterocycles. The molecule has 0 fully saturated rings. The second-order valence-corrected chi connectivity index (χ2v) is 6.07. The lowest BCUT2D eigenvalue weighted by atomic mass is 9.98. The first-order chi connectivity index (χ1) is 10.6. The summed E-state index contributed by atoms with van der Waals surface area (Å²) in [5.74, 6) is -1.94. The van der Waals surface area contributed by atoms with Gasteiger partial charge in [0.25, 0.3) is 0 Å². The van der Waals surface area contributed by atoms with Crippen LogP contribution in [-0.4, -0.2) is 28.7 Å². The number of H-pyrrole nitrogens is 1. The van der Waals surface area contributed by atoms with Crippen molar-refractivity contribution in [1.29, 1.82) is 0 Å². The predicted octanol–water partition coefficient (Wildman–Crippen LogP) is 2.56. The molecule has 22 heavy (non-hydrogen) atoms. The molecule has 0 spiro atoms. The molecule has 0 bridgehead atoms. The van der Waals surface area contributed by atoms with Gasteiger partial charge in [-0.3, -0.25) is 20.0 Å². The number of benzene rings is 1. The zero-order valence-electron chi connectivity index (χ0n) is 11.9. The molecule has 8 heteroatoms. The number of anilines is 1. The summed E-state index contributed by atoms with van der Waals surface area (Å²) in [7, 11) is 0.